The predicted molar refractivity (Wildman–Crippen MR) is 135 cm³/mol. The molecule has 9 nitrogen and oxygen atoms in total. The Hall–Kier alpha value is -4.11. The van der Waals surface area contributed by atoms with E-state index in [1.807, 2.05) is 60.9 Å². The van der Waals surface area contributed by atoms with E-state index in [0.717, 1.165) is 32.9 Å². The molecule has 35 heavy (non-hydrogen) atoms. The molecule has 0 aliphatic heterocycles. The van der Waals surface area contributed by atoms with E-state index in [-0.39, 0.29) is 6.42 Å². The van der Waals surface area contributed by atoms with E-state index in [9.17, 15) is 14.4 Å². The summed E-state index contributed by atoms with van der Waals surface area (Å²) in [5.41, 5.74) is 8.54. The molecule has 0 spiro atoms. The molecule has 2 atom stereocenters. The molecule has 1 unspecified atom stereocenters. The lowest BCUT2D eigenvalue weighted by Crippen LogP contribution is -2.59. The van der Waals surface area contributed by atoms with Gasteiger partial charge in [0.15, 0.2) is 0 Å². The molecule has 3 amide bonds. The number of fused-ring (bicyclic) bond motifs is 2. The second kappa shape index (κ2) is 10.0. The minimum absolute atomic E-state index is 0.249. The monoisotopic (exact) mass is 474 g/mol. The second-order valence-corrected chi connectivity index (χ2v) is 9.22. The standard InChI is InChI=1S/C26H30N6O3/c1-26(2,27)25(35)31-22(11-16-13-28-20-9-5-3-7-18(16)20)24(34)32-23(30-15-33)12-17-14-29-21-10-6-4-8-19(17)21/h3-10,13-15,22-23,28-29H,11-12,27H2,1-2H3,(H,30,33)(H,31,35)(H,32,34)/t22?,23-/m1/s1. The van der Waals surface area contributed by atoms with Gasteiger partial charge in [0.2, 0.25) is 18.2 Å². The number of nitrogens with one attached hydrogen (secondary N) is 5. The fraction of sp³-hybridized carbons (Fsp3) is 0.269. The number of hydrogen-bond acceptors (Lipinski definition) is 4. The average Bonchev–Trinajstić information content (AvgIpc) is 3.42. The number of carbonyl (C=O) groups excluding carboxylic acids is 3. The van der Waals surface area contributed by atoms with E-state index in [2.05, 4.69) is 25.9 Å². The maximum Gasteiger partial charge on any atom is 0.244 e. The normalized spacial score (nSPS) is 13.3. The van der Waals surface area contributed by atoms with Crippen molar-refractivity contribution in [2.75, 3.05) is 0 Å². The lowest BCUT2D eigenvalue weighted by molar-refractivity contribution is -0.131. The van der Waals surface area contributed by atoms with Gasteiger partial charge in [0.1, 0.15) is 12.2 Å². The molecule has 2 aromatic carbocycles. The van der Waals surface area contributed by atoms with Gasteiger partial charge >= 0.3 is 0 Å². The zero-order chi connectivity index (χ0) is 25.0. The molecule has 4 rings (SSSR count). The number of hydrogen-bond donors (Lipinski definition) is 6. The Morgan fingerprint density at radius 3 is 2.00 bits per heavy atom. The number of nitrogens with two attached hydrogens (primary N) is 1. The van der Waals surface area contributed by atoms with Crippen LogP contribution in [0, 0.1) is 0 Å². The van der Waals surface area contributed by atoms with Crippen molar-refractivity contribution < 1.29 is 14.4 Å². The number of amides is 3. The maximum absolute atomic E-state index is 13.4. The summed E-state index contributed by atoms with van der Waals surface area (Å²) in [5.74, 6) is -0.874. The third-order valence-corrected chi connectivity index (χ3v) is 5.99. The molecular weight excluding hydrogens is 444 g/mol. The summed E-state index contributed by atoms with van der Waals surface area (Å²) in [5, 5.41) is 10.3. The zero-order valence-corrected chi connectivity index (χ0v) is 19.7. The van der Waals surface area contributed by atoms with Gasteiger partial charge in [-0.1, -0.05) is 36.4 Å². The van der Waals surface area contributed by atoms with Crippen LogP contribution < -0.4 is 21.7 Å². The number of benzene rings is 2. The van der Waals surface area contributed by atoms with Crippen molar-refractivity contribution >= 4 is 40.0 Å². The predicted octanol–water partition coefficient (Wildman–Crippen LogP) is 1.84. The third kappa shape index (κ3) is 5.52. The van der Waals surface area contributed by atoms with Gasteiger partial charge in [0.25, 0.3) is 0 Å². The van der Waals surface area contributed by atoms with Crippen molar-refractivity contribution in [2.45, 2.75) is 44.4 Å². The smallest absolute Gasteiger partial charge is 0.244 e. The summed E-state index contributed by atoms with van der Waals surface area (Å²) in [6.45, 7) is 3.16. The van der Waals surface area contributed by atoms with E-state index >= 15 is 0 Å². The van der Waals surface area contributed by atoms with Crippen LogP contribution in [0.1, 0.15) is 25.0 Å². The molecule has 0 radical (unpaired) electrons. The highest BCUT2D eigenvalue weighted by Crippen LogP contribution is 2.20. The van der Waals surface area contributed by atoms with Crippen molar-refractivity contribution in [2.24, 2.45) is 5.73 Å². The number of para-hydroxylation sites is 2. The lowest BCUT2D eigenvalue weighted by atomic mass is 10.0. The fourth-order valence-electron chi connectivity index (χ4n) is 4.10. The van der Waals surface area contributed by atoms with Gasteiger partial charge in [0, 0.05) is 47.0 Å². The first-order chi connectivity index (χ1) is 16.8. The van der Waals surface area contributed by atoms with Crippen molar-refractivity contribution in [3.05, 3.63) is 72.1 Å². The summed E-state index contributed by atoms with van der Waals surface area (Å²) in [6, 6.07) is 14.6. The van der Waals surface area contributed by atoms with E-state index in [0.29, 0.717) is 12.8 Å². The van der Waals surface area contributed by atoms with Gasteiger partial charge < -0.3 is 31.7 Å². The van der Waals surface area contributed by atoms with Crippen LogP contribution >= 0.6 is 0 Å². The van der Waals surface area contributed by atoms with Gasteiger partial charge in [-0.05, 0) is 37.1 Å². The largest absolute Gasteiger partial charge is 0.361 e. The Labute approximate surface area is 202 Å². The van der Waals surface area contributed by atoms with Crippen LogP contribution in [0.4, 0.5) is 0 Å². The molecular formula is C26H30N6O3. The Bertz CT molecular complexity index is 1350. The summed E-state index contributed by atoms with van der Waals surface area (Å²) in [6.07, 6.45) is 4.18. The van der Waals surface area contributed by atoms with Crippen molar-refractivity contribution in [3.63, 3.8) is 0 Å². The highest BCUT2D eigenvalue weighted by atomic mass is 16.2. The zero-order valence-electron chi connectivity index (χ0n) is 19.7. The van der Waals surface area contributed by atoms with Crippen molar-refractivity contribution in [3.8, 4) is 0 Å². The Morgan fingerprint density at radius 2 is 1.46 bits per heavy atom. The van der Waals surface area contributed by atoms with Crippen molar-refractivity contribution in [1.82, 2.24) is 25.9 Å². The second-order valence-electron chi connectivity index (χ2n) is 9.22. The molecule has 2 heterocycles. The molecule has 7 N–H and O–H groups in total. The van der Waals surface area contributed by atoms with Gasteiger partial charge in [-0.25, -0.2) is 0 Å². The summed E-state index contributed by atoms with van der Waals surface area (Å²) < 4.78 is 0. The molecule has 4 aromatic rings. The topological polar surface area (TPSA) is 145 Å². The van der Waals surface area contributed by atoms with Crippen LogP contribution in [-0.4, -0.2) is 45.9 Å². The number of carbonyl (C=O) groups is 3. The summed E-state index contributed by atoms with van der Waals surface area (Å²) in [4.78, 5) is 43.8. The first-order valence-electron chi connectivity index (χ1n) is 11.5. The number of H-pyrrole nitrogens is 2. The first-order valence-corrected chi connectivity index (χ1v) is 11.5. The maximum atomic E-state index is 13.4. The summed E-state index contributed by atoms with van der Waals surface area (Å²) in [7, 11) is 0. The molecule has 0 saturated carbocycles. The quantitative estimate of drug-likeness (QED) is 0.154. The number of rotatable bonds is 10. The Kier molecular flexibility index (Phi) is 6.88. The molecule has 0 saturated heterocycles. The van der Waals surface area contributed by atoms with Gasteiger partial charge in [-0.2, -0.15) is 0 Å². The molecule has 9 heteroatoms. The van der Waals surface area contributed by atoms with E-state index in [1.54, 1.807) is 13.8 Å². The lowest BCUT2D eigenvalue weighted by Gasteiger charge is -2.26. The SMILES string of the molecule is CC(C)(N)C(=O)NC(Cc1c[nH]c2ccccc12)C(=O)N[C@H](Cc1c[nH]c2ccccc12)NC=O. The fourth-order valence-corrected chi connectivity index (χ4v) is 4.10. The van der Waals surface area contributed by atoms with E-state index in [4.69, 9.17) is 5.73 Å². The van der Waals surface area contributed by atoms with Crippen LogP contribution in [-0.2, 0) is 27.2 Å². The average molecular weight is 475 g/mol. The van der Waals surface area contributed by atoms with Crippen LogP contribution in [0.2, 0.25) is 0 Å². The van der Waals surface area contributed by atoms with E-state index < -0.39 is 29.6 Å². The number of aromatic amines is 2. The van der Waals surface area contributed by atoms with Crippen LogP contribution in [0.15, 0.2) is 60.9 Å². The van der Waals surface area contributed by atoms with E-state index in [1.165, 1.54) is 0 Å². The highest BCUT2D eigenvalue weighted by Gasteiger charge is 2.30. The highest BCUT2D eigenvalue weighted by molar-refractivity contribution is 5.92. The summed E-state index contributed by atoms with van der Waals surface area (Å²) >= 11 is 0. The van der Waals surface area contributed by atoms with Crippen molar-refractivity contribution in [1.29, 1.82) is 0 Å². The Balaban J connectivity index is 1.56. The molecule has 0 aliphatic rings. The minimum atomic E-state index is -1.16. The molecule has 2 aromatic heterocycles. The third-order valence-electron chi connectivity index (χ3n) is 5.99. The van der Waals surface area contributed by atoms with Gasteiger partial charge in [-0.15, -0.1) is 0 Å². The Morgan fingerprint density at radius 1 is 0.914 bits per heavy atom. The van der Waals surface area contributed by atoms with Crippen LogP contribution in [0.5, 0.6) is 0 Å². The molecule has 0 fully saturated rings. The van der Waals surface area contributed by atoms with Gasteiger partial charge in [-0.3, -0.25) is 14.4 Å². The number of aromatic nitrogens is 2. The molecule has 182 valence electrons. The molecule has 0 bridgehead atoms. The first kappa shape index (κ1) is 24.0. The van der Waals surface area contributed by atoms with Crippen LogP contribution in [0.25, 0.3) is 21.8 Å². The van der Waals surface area contributed by atoms with Gasteiger partial charge in [0.05, 0.1) is 5.54 Å². The molecule has 0 aliphatic carbocycles. The minimum Gasteiger partial charge on any atom is -0.361 e. The van der Waals surface area contributed by atoms with Crippen LogP contribution in [0.3, 0.4) is 0 Å².